The lowest BCUT2D eigenvalue weighted by molar-refractivity contribution is 0.175. The van der Waals surface area contributed by atoms with Crippen LogP contribution in [0.3, 0.4) is 0 Å². The maximum atomic E-state index is 13.5. The van der Waals surface area contributed by atoms with Gasteiger partial charge in [0.25, 0.3) is 0 Å². The van der Waals surface area contributed by atoms with E-state index in [1.165, 1.54) is 12.1 Å². The molecule has 132 valence electrons. The Labute approximate surface area is 147 Å². The highest BCUT2D eigenvalue weighted by Gasteiger charge is 2.27. The zero-order valence-electron chi connectivity index (χ0n) is 14.6. The molecule has 0 fully saturated rings. The average molecular weight is 342 g/mol. The Kier molecular flexibility index (Phi) is 5.16. The number of carbonyl (C=O) groups excluding carboxylic acids is 1. The summed E-state index contributed by atoms with van der Waals surface area (Å²) in [5.41, 5.74) is 4.09. The van der Waals surface area contributed by atoms with Crippen LogP contribution in [0.4, 0.5) is 14.9 Å². The Morgan fingerprint density at radius 2 is 2.20 bits per heavy atom. The Morgan fingerprint density at radius 1 is 1.36 bits per heavy atom. The third kappa shape index (κ3) is 3.90. The molecule has 1 aromatic carbocycles. The predicted molar refractivity (Wildman–Crippen MR) is 96.1 cm³/mol. The molecule has 2 N–H and O–H groups in total. The van der Waals surface area contributed by atoms with Gasteiger partial charge in [0, 0.05) is 37.7 Å². The van der Waals surface area contributed by atoms with Crippen molar-refractivity contribution in [2.45, 2.75) is 26.3 Å². The van der Waals surface area contributed by atoms with Gasteiger partial charge in [0.1, 0.15) is 5.82 Å². The second kappa shape index (κ2) is 7.51. The van der Waals surface area contributed by atoms with Crippen LogP contribution in [0.2, 0.25) is 0 Å². The topological polar surface area (TPSA) is 57.3 Å². The molecule has 3 rings (SSSR count). The molecule has 1 atom stereocenters. The quantitative estimate of drug-likeness (QED) is 0.839. The second-order valence-electron chi connectivity index (χ2n) is 6.31. The molecule has 1 aliphatic heterocycles. The number of aromatic nitrogens is 1. The molecule has 1 unspecified atom stereocenters. The van der Waals surface area contributed by atoms with E-state index in [2.05, 4.69) is 15.6 Å². The number of benzene rings is 1. The molecule has 1 aromatic heterocycles. The number of nitrogens with zero attached hydrogens (tertiary/aromatic N) is 2. The molecule has 1 aliphatic rings. The van der Waals surface area contributed by atoms with Gasteiger partial charge in [0.2, 0.25) is 0 Å². The fraction of sp³-hybridized carbons (Fsp3) is 0.368. The lowest BCUT2D eigenvalue weighted by Crippen LogP contribution is -2.45. The molecule has 2 amide bonds. The summed E-state index contributed by atoms with van der Waals surface area (Å²) in [6.07, 6.45) is 4.29. The van der Waals surface area contributed by atoms with Crippen LogP contribution in [0.25, 0.3) is 0 Å². The molecule has 5 nitrogen and oxygen atoms in total. The first-order valence-corrected chi connectivity index (χ1v) is 8.53. The van der Waals surface area contributed by atoms with Gasteiger partial charge in [-0.3, -0.25) is 4.98 Å². The minimum atomic E-state index is -0.259. The van der Waals surface area contributed by atoms with Crippen LogP contribution in [0.1, 0.15) is 29.7 Å². The number of hydrogen-bond acceptors (Lipinski definition) is 3. The van der Waals surface area contributed by atoms with E-state index in [9.17, 15) is 9.18 Å². The van der Waals surface area contributed by atoms with Crippen molar-refractivity contribution in [1.29, 1.82) is 0 Å². The lowest BCUT2D eigenvalue weighted by Gasteiger charge is -2.35. The van der Waals surface area contributed by atoms with E-state index in [1.54, 1.807) is 17.3 Å². The Bertz CT molecular complexity index is 765. The summed E-state index contributed by atoms with van der Waals surface area (Å²) in [4.78, 5) is 18.3. The predicted octanol–water partition coefficient (Wildman–Crippen LogP) is 3.27. The first-order valence-electron chi connectivity index (χ1n) is 8.53. The minimum Gasteiger partial charge on any atom is -0.383 e. The van der Waals surface area contributed by atoms with E-state index in [1.807, 2.05) is 26.0 Å². The van der Waals surface area contributed by atoms with Crippen molar-refractivity contribution in [3.05, 3.63) is 59.2 Å². The normalized spacial score (nSPS) is 16.3. The summed E-state index contributed by atoms with van der Waals surface area (Å²) in [5.74, 6) is -0.259. The smallest absolute Gasteiger partial charge is 0.317 e. The van der Waals surface area contributed by atoms with Crippen molar-refractivity contribution in [3.63, 3.8) is 0 Å². The number of fused-ring (bicyclic) bond motifs is 1. The van der Waals surface area contributed by atoms with Crippen molar-refractivity contribution in [2.75, 3.05) is 25.0 Å². The Balaban J connectivity index is 1.53. The molecule has 6 heteroatoms. The zero-order chi connectivity index (χ0) is 17.8. The number of carbonyl (C=O) groups is 1. The van der Waals surface area contributed by atoms with E-state index >= 15 is 0 Å². The van der Waals surface area contributed by atoms with Gasteiger partial charge in [-0.05, 0) is 55.2 Å². The van der Waals surface area contributed by atoms with Crippen molar-refractivity contribution in [3.8, 4) is 0 Å². The van der Waals surface area contributed by atoms with E-state index in [-0.39, 0.29) is 17.9 Å². The van der Waals surface area contributed by atoms with E-state index in [0.29, 0.717) is 19.6 Å². The summed E-state index contributed by atoms with van der Waals surface area (Å²) in [5, 5.41) is 6.22. The van der Waals surface area contributed by atoms with Gasteiger partial charge >= 0.3 is 6.03 Å². The van der Waals surface area contributed by atoms with Gasteiger partial charge in [0.15, 0.2) is 0 Å². The van der Waals surface area contributed by atoms with E-state index < -0.39 is 0 Å². The van der Waals surface area contributed by atoms with Crippen molar-refractivity contribution in [2.24, 2.45) is 0 Å². The summed E-state index contributed by atoms with van der Waals surface area (Å²) in [6, 6.07) is 6.50. The van der Waals surface area contributed by atoms with E-state index in [0.717, 1.165) is 28.8 Å². The van der Waals surface area contributed by atoms with Crippen LogP contribution in [0.5, 0.6) is 0 Å². The molecule has 0 aliphatic carbocycles. The van der Waals surface area contributed by atoms with E-state index in [4.69, 9.17) is 0 Å². The fourth-order valence-corrected chi connectivity index (χ4v) is 3.20. The number of pyridine rings is 1. The largest absolute Gasteiger partial charge is 0.383 e. The van der Waals surface area contributed by atoms with Gasteiger partial charge in [-0.2, -0.15) is 0 Å². The third-order valence-electron chi connectivity index (χ3n) is 4.65. The second-order valence-corrected chi connectivity index (χ2v) is 6.31. The van der Waals surface area contributed by atoms with Crippen LogP contribution in [0, 0.1) is 12.7 Å². The van der Waals surface area contributed by atoms with Crippen molar-refractivity contribution >= 4 is 11.7 Å². The number of aryl methyl sites for hydroxylation is 1. The summed E-state index contributed by atoms with van der Waals surface area (Å²) in [6.45, 7) is 5.71. The number of urea groups is 1. The number of amides is 2. The summed E-state index contributed by atoms with van der Waals surface area (Å²) < 4.78 is 13.5. The highest BCUT2D eigenvalue weighted by molar-refractivity contribution is 5.75. The minimum absolute atomic E-state index is 0.115. The molecule has 0 saturated heterocycles. The summed E-state index contributed by atoms with van der Waals surface area (Å²) >= 11 is 0. The maximum Gasteiger partial charge on any atom is 0.317 e. The molecule has 2 aromatic rings. The number of halogens is 1. The zero-order valence-corrected chi connectivity index (χ0v) is 14.6. The molecular weight excluding hydrogens is 319 g/mol. The monoisotopic (exact) mass is 342 g/mol. The molecule has 2 heterocycles. The number of rotatable bonds is 4. The SMILES string of the molecule is Cc1cnccc1NCCNC(=O)N1CCc2ccc(F)cc2C1C. The van der Waals surface area contributed by atoms with Gasteiger partial charge < -0.3 is 15.5 Å². The Morgan fingerprint density at radius 3 is 3.00 bits per heavy atom. The van der Waals surface area contributed by atoms with Gasteiger partial charge in [0.05, 0.1) is 6.04 Å². The molecule has 0 bridgehead atoms. The molecule has 25 heavy (non-hydrogen) atoms. The lowest BCUT2D eigenvalue weighted by atomic mass is 9.94. The van der Waals surface area contributed by atoms with Gasteiger partial charge in [-0.1, -0.05) is 6.07 Å². The number of anilines is 1. The van der Waals surface area contributed by atoms with Crippen LogP contribution in [0.15, 0.2) is 36.7 Å². The van der Waals surface area contributed by atoms with Gasteiger partial charge in [-0.25, -0.2) is 9.18 Å². The van der Waals surface area contributed by atoms with Crippen LogP contribution >= 0.6 is 0 Å². The van der Waals surface area contributed by atoms with Crippen LogP contribution < -0.4 is 10.6 Å². The first kappa shape index (κ1) is 17.2. The average Bonchev–Trinajstić information content (AvgIpc) is 2.61. The number of nitrogens with one attached hydrogen (secondary N) is 2. The molecular formula is C19H23FN4O. The Hall–Kier alpha value is -2.63. The van der Waals surface area contributed by atoms with Crippen LogP contribution in [-0.4, -0.2) is 35.5 Å². The summed E-state index contributed by atoms with van der Waals surface area (Å²) in [7, 11) is 0. The van der Waals surface area contributed by atoms with Crippen molar-refractivity contribution < 1.29 is 9.18 Å². The molecule has 0 spiro atoms. The van der Waals surface area contributed by atoms with Crippen LogP contribution in [-0.2, 0) is 6.42 Å². The van der Waals surface area contributed by atoms with Crippen molar-refractivity contribution in [1.82, 2.24) is 15.2 Å². The highest BCUT2D eigenvalue weighted by Crippen LogP contribution is 2.29. The maximum absolute atomic E-state index is 13.5. The third-order valence-corrected chi connectivity index (χ3v) is 4.65. The highest BCUT2D eigenvalue weighted by atomic mass is 19.1. The standard InChI is InChI=1S/C19H23FN4O/c1-13-12-21-7-5-18(13)22-8-9-23-19(25)24-10-6-15-3-4-16(20)11-17(15)14(24)2/h3-5,7,11-12,14H,6,8-10H2,1-2H3,(H,21,22)(H,23,25). The number of hydrogen-bond donors (Lipinski definition) is 2. The molecule has 0 radical (unpaired) electrons. The fourth-order valence-electron chi connectivity index (χ4n) is 3.20. The first-order chi connectivity index (χ1) is 12.1. The van der Waals surface area contributed by atoms with Gasteiger partial charge in [-0.15, -0.1) is 0 Å². The molecule has 0 saturated carbocycles.